The number of anilines is 4. The van der Waals surface area contributed by atoms with Crippen LogP contribution in [0.15, 0.2) is 85.2 Å². The molecule has 1 N–H and O–H groups in total. The van der Waals surface area contributed by atoms with Gasteiger partial charge < -0.3 is 14.2 Å². The van der Waals surface area contributed by atoms with Crippen LogP contribution in [0.25, 0.3) is 21.2 Å². The van der Waals surface area contributed by atoms with Gasteiger partial charge in [0.05, 0.1) is 32.7 Å². The maximum Gasteiger partial charge on any atom is 0.343 e. The van der Waals surface area contributed by atoms with Gasteiger partial charge in [0.1, 0.15) is 16.8 Å². The molecule has 0 radical (unpaired) electrons. The summed E-state index contributed by atoms with van der Waals surface area (Å²) in [7, 11) is 0. The van der Waals surface area contributed by atoms with Gasteiger partial charge in [-0.2, -0.15) is 0 Å². The molecule has 1 amide bonds. The van der Waals surface area contributed by atoms with Crippen LogP contribution in [0, 0.1) is 20.8 Å². The van der Waals surface area contributed by atoms with E-state index in [4.69, 9.17) is 13.8 Å². The van der Waals surface area contributed by atoms with Gasteiger partial charge in [-0.15, -0.1) is 0 Å². The molecule has 1 spiro atoms. The molecule has 2 aliphatic heterocycles. The lowest BCUT2D eigenvalue weighted by molar-refractivity contribution is -0.118. The highest BCUT2D eigenvalue weighted by molar-refractivity contribution is 7.22. The van der Waals surface area contributed by atoms with Crippen molar-refractivity contribution in [2.24, 2.45) is 0 Å². The van der Waals surface area contributed by atoms with Crippen LogP contribution < -0.4 is 21.5 Å². The molecular formula is C32H21N3O5S. The number of hydrogen-bond donors (Lipinski definition) is 1. The molecule has 5 heterocycles. The summed E-state index contributed by atoms with van der Waals surface area (Å²) in [6.45, 7) is 5.74. The molecule has 3 aromatic carbocycles. The molecule has 0 saturated heterocycles. The standard InChI is InChI=1S/C32H21N3O5S/c1-15-12-16(2)27-21(13-15)34-31(41-27)35-22-14-17(3)39-28(36)24(22)32(19-9-5-6-10-20(19)33-30(32)38)25-26(35)18-8-4-7-11-23(18)40-29(25)37/h4-14H,1-3H3,(H,33,38). The van der Waals surface area contributed by atoms with Gasteiger partial charge in [-0.25, -0.2) is 14.6 Å². The molecule has 2 aliphatic rings. The van der Waals surface area contributed by atoms with Gasteiger partial charge in [0.2, 0.25) is 5.91 Å². The summed E-state index contributed by atoms with van der Waals surface area (Å²) in [6.07, 6.45) is 0. The third-order valence-corrected chi connectivity index (χ3v) is 9.17. The van der Waals surface area contributed by atoms with Crippen LogP contribution >= 0.6 is 11.3 Å². The summed E-state index contributed by atoms with van der Waals surface area (Å²) in [4.78, 5) is 49.1. The van der Waals surface area contributed by atoms with Crippen molar-refractivity contribution in [2.45, 2.75) is 26.2 Å². The fourth-order valence-corrected chi connectivity index (χ4v) is 7.51. The lowest BCUT2D eigenvalue weighted by Crippen LogP contribution is -2.48. The molecule has 0 fully saturated rings. The number of fused-ring (bicyclic) bond motifs is 9. The number of para-hydroxylation sites is 2. The van der Waals surface area contributed by atoms with Gasteiger partial charge in [0.25, 0.3) is 0 Å². The van der Waals surface area contributed by atoms with E-state index in [0.717, 1.165) is 21.3 Å². The number of thiazole rings is 1. The van der Waals surface area contributed by atoms with E-state index in [0.29, 0.717) is 44.5 Å². The van der Waals surface area contributed by atoms with E-state index >= 15 is 0 Å². The SMILES string of the molecule is Cc1cc(C)c2sc(N3c4cc(C)oc(=O)c4C4(C(=O)Nc5ccccc54)c4c3c3ccccc3oc4=O)nc2c1. The number of nitrogens with zero attached hydrogens (tertiary/aromatic N) is 2. The first-order chi connectivity index (χ1) is 19.8. The average Bonchev–Trinajstić information content (AvgIpc) is 3.47. The van der Waals surface area contributed by atoms with Gasteiger partial charge in [0, 0.05) is 22.7 Å². The Morgan fingerprint density at radius 3 is 2.49 bits per heavy atom. The Bertz CT molecular complexity index is 2260. The van der Waals surface area contributed by atoms with Crippen LogP contribution in [-0.2, 0) is 10.2 Å². The Hall–Kier alpha value is -5.02. The number of aryl methyl sites for hydroxylation is 3. The highest BCUT2D eigenvalue weighted by atomic mass is 32.1. The predicted octanol–water partition coefficient (Wildman–Crippen LogP) is 6.35. The zero-order valence-electron chi connectivity index (χ0n) is 22.2. The summed E-state index contributed by atoms with van der Waals surface area (Å²) in [6, 6.07) is 20.1. The van der Waals surface area contributed by atoms with E-state index in [1.807, 2.05) is 36.9 Å². The largest absolute Gasteiger partial charge is 0.428 e. The summed E-state index contributed by atoms with van der Waals surface area (Å²) in [5, 5.41) is 4.08. The maximum absolute atomic E-state index is 14.2. The number of carbonyl (C=O) groups excluding carboxylic acids is 1. The minimum atomic E-state index is -1.79. The fraction of sp³-hybridized carbons (Fsp3) is 0.125. The fourth-order valence-electron chi connectivity index (χ4n) is 6.47. The number of aromatic nitrogens is 1. The quantitative estimate of drug-likeness (QED) is 0.234. The van der Waals surface area contributed by atoms with Crippen molar-refractivity contribution in [3.05, 3.63) is 121 Å². The minimum Gasteiger partial charge on any atom is -0.428 e. The van der Waals surface area contributed by atoms with Gasteiger partial charge in [-0.3, -0.25) is 9.69 Å². The molecule has 1 atom stereocenters. The van der Waals surface area contributed by atoms with Crippen LogP contribution in [-0.4, -0.2) is 10.9 Å². The Labute approximate surface area is 236 Å². The Morgan fingerprint density at radius 2 is 1.63 bits per heavy atom. The van der Waals surface area contributed by atoms with Crippen LogP contribution in [0.1, 0.15) is 33.6 Å². The van der Waals surface area contributed by atoms with E-state index < -0.39 is 22.6 Å². The van der Waals surface area contributed by atoms with E-state index in [1.54, 1.807) is 49.4 Å². The van der Waals surface area contributed by atoms with Gasteiger partial charge in [-0.1, -0.05) is 47.7 Å². The predicted molar refractivity (Wildman–Crippen MR) is 158 cm³/mol. The molecule has 41 heavy (non-hydrogen) atoms. The van der Waals surface area contributed by atoms with E-state index in [9.17, 15) is 14.4 Å². The zero-order chi connectivity index (χ0) is 28.2. The number of rotatable bonds is 1. The van der Waals surface area contributed by atoms with Crippen molar-refractivity contribution in [1.82, 2.24) is 4.98 Å². The normalized spacial score (nSPS) is 17.1. The second kappa shape index (κ2) is 8.02. The molecule has 8 rings (SSSR count). The number of nitrogens with one attached hydrogen (secondary N) is 1. The molecule has 0 saturated carbocycles. The molecular weight excluding hydrogens is 538 g/mol. The van der Waals surface area contributed by atoms with E-state index in [2.05, 4.69) is 11.4 Å². The van der Waals surface area contributed by atoms with E-state index in [-0.39, 0.29) is 11.1 Å². The van der Waals surface area contributed by atoms with Crippen LogP contribution in [0.2, 0.25) is 0 Å². The summed E-state index contributed by atoms with van der Waals surface area (Å²) >= 11 is 1.46. The Balaban J connectivity index is 1.61. The van der Waals surface area contributed by atoms with E-state index in [1.165, 1.54) is 11.3 Å². The van der Waals surface area contributed by atoms with Gasteiger partial charge >= 0.3 is 11.3 Å². The molecule has 9 heteroatoms. The molecule has 3 aromatic heterocycles. The first kappa shape index (κ1) is 23.8. The third kappa shape index (κ3) is 2.98. The number of benzene rings is 3. The minimum absolute atomic E-state index is 0.0489. The molecule has 1 unspecified atom stereocenters. The summed E-state index contributed by atoms with van der Waals surface area (Å²) in [5.74, 6) is -0.153. The average molecular weight is 560 g/mol. The lowest BCUT2D eigenvalue weighted by atomic mass is 9.67. The van der Waals surface area contributed by atoms with Crippen LogP contribution in [0.5, 0.6) is 0 Å². The maximum atomic E-state index is 14.2. The monoisotopic (exact) mass is 559 g/mol. The topological polar surface area (TPSA) is 106 Å². The molecule has 0 aliphatic carbocycles. The van der Waals surface area contributed by atoms with Crippen molar-refractivity contribution in [2.75, 3.05) is 10.2 Å². The van der Waals surface area contributed by atoms with Crippen molar-refractivity contribution < 1.29 is 13.6 Å². The lowest BCUT2D eigenvalue weighted by Gasteiger charge is -2.39. The molecule has 0 bridgehead atoms. The zero-order valence-corrected chi connectivity index (χ0v) is 23.0. The van der Waals surface area contributed by atoms with Crippen molar-refractivity contribution >= 4 is 60.6 Å². The van der Waals surface area contributed by atoms with Crippen molar-refractivity contribution in [3.63, 3.8) is 0 Å². The summed E-state index contributed by atoms with van der Waals surface area (Å²) < 4.78 is 12.5. The first-order valence-electron chi connectivity index (χ1n) is 13.1. The molecule has 6 aromatic rings. The molecule has 200 valence electrons. The highest BCUT2D eigenvalue weighted by Gasteiger charge is 2.59. The third-order valence-electron chi connectivity index (χ3n) is 7.97. The van der Waals surface area contributed by atoms with Gasteiger partial charge in [0.15, 0.2) is 5.13 Å². The van der Waals surface area contributed by atoms with Crippen LogP contribution in [0.4, 0.5) is 22.2 Å². The Kier molecular flexibility index (Phi) is 4.66. The second-order valence-electron chi connectivity index (χ2n) is 10.5. The van der Waals surface area contributed by atoms with Crippen LogP contribution in [0.3, 0.4) is 0 Å². The smallest absolute Gasteiger partial charge is 0.343 e. The van der Waals surface area contributed by atoms with Gasteiger partial charge in [-0.05, 0) is 56.2 Å². The summed E-state index contributed by atoms with van der Waals surface area (Å²) in [5.41, 5.74) is 2.09. The Morgan fingerprint density at radius 1 is 0.878 bits per heavy atom. The number of amides is 1. The van der Waals surface area contributed by atoms with Crippen molar-refractivity contribution in [1.29, 1.82) is 0 Å². The highest BCUT2D eigenvalue weighted by Crippen LogP contribution is 2.58. The van der Waals surface area contributed by atoms with Crippen molar-refractivity contribution in [3.8, 4) is 0 Å². The first-order valence-corrected chi connectivity index (χ1v) is 13.9. The second-order valence-corrected chi connectivity index (χ2v) is 11.5. The molecule has 8 nitrogen and oxygen atoms in total. The number of hydrogen-bond acceptors (Lipinski definition) is 8. The number of carbonyl (C=O) groups is 1.